The van der Waals surface area contributed by atoms with Crippen LogP contribution < -0.4 is 16.6 Å². The number of rotatable bonds is 5. The Morgan fingerprint density at radius 1 is 1.30 bits per heavy atom. The van der Waals surface area contributed by atoms with E-state index in [9.17, 15) is 0 Å². The molecule has 1 heterocycles. The first-order valence-electron chi connectivity index (χ1n) is 6.99. The number of nitrogens with two attached hydrogens (primary N) is 1. The van der Waals surface area contributed by atoms with Gasteiger partial charge in [-0.25, -0.2) is 0 Å². The van der Waals surface area contributed by atoms with Crippen molar-refractivity contribution in [2.75, 3.05) is 51.7 Å². The minimum absolute atomic E-state index is 0.441. The van der Waals surface area contributed by atoms with Gasteiger partial charge in [0.2, 0.25) is 0 Å². The lowest BCUT2D eigenvalue weighted by molar-refractivity contribution is 0.156. The van der Waals surface area contributed by atoms with Crippen LogP contribution in [0.25, 0.3) is 0 Å². The number of piperazine rings is 1. The summed E-state index contributed by atoms with van der Waals surface area (Å²) in [5.41, 5.74) is 4.26. The normalized spacial score (nSPS) is 16.9. The zero-order chi connectivity index (χ0) is 14.4. The molecule has 0 bridgehead atoms. The molecule has 0 unspecified atom stereocenters. The molecule has 0 saturated carbocycles. The predicted octanol–water partition coefficient (Wildman–Crippen LogP) is 0.135. The molecule has 1 saturated heterocycles. The van der Waals surface area contributed by atoms with Crippen molar-refractivity contribution in [3.05, 3.63) is 29.8 Å². The third-order valence-corrected chi connectivity index (χ3v) is 3.64. The maximum atomic E-state index is 8.04. The molecule has 0 aliphatic carbocycles. The standard InChI is InChI=1S/C14H24N6/c1-19-7-9-20(10-8-19)6-5-17-14(15)12-3-2-4-13(11-12)18-16/h2-4,11,18H,5-10,16H2,1H3,(H2,15,17). The lowest BCUT2D eigenvalue weighted by Gasteiger charge is -2.32. The summed E-state index contributed by atoms with van der Waals surface area (Å²) in [4.78, 5) is 4.77. The van der Waals surface area contributed by atoms with E-state index in [0.29, 0.717) is 5.84 Å². The average Bonchev–Trinajstić information content (AvgIpc) is 2.49. The molecule has 1 aromatic rings. The highest BCUT2D eigenvalue weighted by Gasteiger charge is 2.13. The van der Waals surface area contributed by atoms with Crippen molar-refractivity contribution in [3.63, 3.8) is 0 Å². The topological polar surface area (TPSA) is 80.4 Å². The van der Waals surface area contributed by atoms with Gasteiger partial charge in [-0.1, -0.05) is 12.1 Å². The van der Waals surface area contributed by atoms with E-state index < -0.39 is 0 Å². The molecule has 1 aliphatic rings. The molecule has 1 aromatic carbocycles. The molecule has 0 amide bonds. The number of anilines is 1. The summed E-state index contributed by atoms with van der Waals surface area (Å²) in [6.45, 7) is 6.24. The fourth-order valence-electron chi connectivity index (χ4n) is 2.28. The molecular weight excluding hydrogens is 252 g/mol. The van der Waals surface area contributed by atoms with E-state index in [-0.39, 0.29) is 0 Å². The van der Waals surface area contributed by atoms with Crippen LogP contribution in [0.2, 0.25) is 0 Å². The number of nitrogens with one attached hydrogen (secondary N) is 3. The first-order valence-corrected chi connectivity index (χ1v) is 6.99. The van der Waals surface area contributed by atoms with E-state index in [1.165, 1.54) is 0 Å². The fraction of sp³-hybridized carbons (Fsp3) is 0.500. The Morgan fingerprint density at radius 3 is 2.75 bits per heavy atom. The molecular formula is C14H24N6. The van der Waals surface area contributed by atoms with Gasteiger partial charge >= 0.3 is 0 Å². The van der Waals surface area contributed by atoms with E-state index in [1.54, 1.807) is 0 Å². The molecule has 1 aliphatic heterocycles. The lowest BCUT2D eigenvalue weighted by atomic mass is 10.2. The van der Waals surface area contributed by atoms with Crippen molar-refractivity contribution < 1.29 is 0 Å². The highest BCUT2D eigenvalue weighted by molar-refractivity contribution is 5.97. The summed E-state index contributed by atoms with van der Waals surface area (Å²) < 4.78 is 0. The summed E-state index contributed by atoms with van der Waals surface area (Å²) in [7, 11) is 2.16. The SMILES string of the molecule is CN1CCN(CCNC(=N)c2cccc(NN)c2)CC1. The van der Waals surface area contributed by atoms with Gasteiger partial charge in [0.05, 0.1) is 0 Å². The molecule has 6 heteroatoms. The molecule has 1 fully saturated rings. The van der Waals surface area contributed by atoms with Crippen LogP contribution in [0.5, 0.6) is 0 Å². The number of benzene rings is 1. The van der Waals surface area contributed by atoms with Crippen LogP contribution in [0.4, 0.5) is 5.69 Å². The Kier molecular flexibility index (Phi) is 5.34. The lowest BCUT2D eigenvalue weighted by Crippen LogP contribution is -2.46. The Morgan fingerprint density at radius 2 is 2.05 bits per heavy atom. The first-order chi connectivity index (χ1) is 9.69. The number of amidine groups is 1. The number of hydrogen-bond acceptors (Lipinski definition) is 5. The van der Waals surface area contributed by atoms with Crippen LogP contribution in [0.3, 0.4) is 0 Å². The van der Waals surface area contributed by atoms with E-state index in [4.69, 9.17) is 11.3 Å². The van der Waals surface area contributed by atoms with E-state index in [0.717, 1.165) is 50.5 Å². The summed E-state index contributed by atoms with van der Waals surface area (Å²) in [6, 6.07) is 7.54. The van der Waals surface area contributed by atoms with Gasteiger partial charge in [0, 0.05) is 50.5 Å². The highest BCUT2D eigenvalue weighted by atomic mass is 15.2. The van der Waals surface area contributed by atoms with E-state index >= 15 is 0 Å². The quantitative estimate of drug-likeness (QED) is 0.266. The van der Waals surface area contributed by atoms with Gasteiger partial charge in [-0.2, -0.15) is 0 Å². The number of nitrogens with zero attached hydrogens (tertiary/aromatic N) is 2. The van der Waals surface area contributed by atoms with Crippen LogP contribution in [-0.2, 0) is 0 Å². The van der Waals surface area contributed by atoms with Crippen molar-refractivity contribution in [1.82, 2.24) is 15.1 Å². The number of nitrogen functional groups attached to an aromatic ring is 1. The molecule has 5 N–H and O–H groups in total. The second-order valence-electron chi connectivity index (χ2n) is 5.17. The zero-order valence-corrected chi connectivity index (χ0v) is 12.0. The maximum absolute atomic E-state index is 8.04. The van der Waals surface area contributed by atoms with Crippen molar-refractivity contribution in [2.24, 2.45) is 5.84 Å². The Hall–Kier alpha value is -1.63. The Balaban J connectivity index is 1.74. The first kappa shape index (κ1) is 14.8. The van der Waals surface area contributed by atoms with Crippen LogP contribution >= 0.6 is 0 Å². The molecule has 0 spiro atoms. The molecule has 6 nitrogen and oxygen atoms in total. The van der Waals surface area contributed by atoms with Gasteiger partial charge in [-0.05, 0) is 19.2 Å². The second kappa shape index (κ2) is 7.23. The van der Waals surface area contributed by atoms with Crippen LogP contribution in [0.1, 0.15) is 5.56 Å². The van der Waals surface area contributed by atoms with Gasteiger partial charge in [0.1, 0.15) is 5.84 Å². The summed E-state index contributed by atoms with van der Waals surface area (Å²) in [5.74, 6) is 5.82. The van der Waals surface area contributed by atoms with E-state index in [2.05, 4.69) is 27.6 Å². The smallest absolute Gasteiger partial charge is 0.125 e. The maximum Gasteiger partial charge on any atom is 0.125 e. The van der Waals surface area contributed by atoms with E-state index in [1.807, 2.05) is 24.3 Å². The van der Waals surface area contributed by atoms with Crippen LogP contribution in [-0.4, -0.2) is 62.0 Å². The molecule has 0 atom stereocenters. The minimum Gasteiger partial charge on any atom is -0.369 e. The largest absolute Gasteiger partial charge is 0.369 e. The number of likely N-dealkylation sites (N-methyl/N-ethyl adjacent to an activating group) is 1. The molecule has 0 radical (unpaired) electrons. The molecule has 20 heavy (non-hydrogen) atoms. The van der Waals surface area contributed by atoms with Gasteiger partial charge in [0.25, 0.3) is 0 Å². The molecule has 110 valence electrons. The van der Waals surface area contributed by atoms with Gasteiger partial charge in [0.15, 0.2) is 0 Å². The van der Waals surface area contributed by atoms with Crippen molar-refractivity contribution in [3.8, 4) is 0 Å². The van der Waals surface area contributed by atoms with Gasteiger partial charge in [-0.3, -0.25) is 16.2 Å². The Labute approximate surface area is 120 Å². The third-order valence-electron chi connectivity index (χ3n) is 3.64. The van der Waals surface area contributed by atoms with Gasteiger partial charge in [-0.15, -0.1) is 0 Å². The summed E-state index contributed by atoms with van der Waals surface area (Å²) in [5, 5.41) is 11.2. The zero-order valence-electron chi connectivity index (χ0n) is 12.0. The van der Waals surface area contributed by atoms with Crippen molar-refractivity contribution >= 4 is 11.5 Å². The number of hydrogen-bond donors (Lipinski definition) is 4. The Bertz CT molecular complexity index is 439. The minimum atomic E-state index is 0.441. The summed E-state index contributed by atoms with van der Waals surface area (Å²) in [6.07, 6.45) is 0. The summed E-state index contributed by atoms with van der Waals surface area (Å²) >= 11 is 0. The third kappa shape index (κ3) is 4.19. The van der Waals surface area contributed by atoms with Crippen molar-refractivity contribution in [1.29, 1.82) is 5.41 Å². The monoisotopic (exact) mass is 276 g/mol. The predicted molar refractivity (Wildman–Crippen MR) is 83.0 cm³/mol. The van der Waals surface area contributed by atoms with Gasteiger partial charge < -0.3 is 15.6 Å². The molecule has 0 aromatic heterocycles. The molecule has 2 rings (SSSR count). The van der Waals surface area contributed by atoms with Crippen molar-refractivity contribution in [2.45, 2.75) is 0 Å². The van der Waals surface area contributed by atoms with Crippen LogP contribution in [0, 0.1) is 5.41 Å². The second-order valence-corrected chi connectivity index (χ2v) is 5.17. The number of hydrazine groups is 1. The highest BCUT2D eigenvalue weighted by Crippen LogP contribution is 2.08. The fourth-order valence-corrected chi connectivity index (χ4v) is 2.28. The van der Waals surface area contributed by atoms with Crippen LogP contribution in [0.15, 0.2) is 24.3 Å². The average molecular weight is 276 g/mol.